The van der Waals surface area contributed by atoms with Crippen molar-refractivity contribution in [3.63, 3.8) is 0 Å². The summed E-state index contributed by atoms with van der Waals surface area (Å²) in [7, 11) is -1.11. The van der Waals surface area contributed by atoms with E-state index in [1.165, 1.54) is 0 Å². The number of sulfone groups is 1. The van der Waals surface area contributed by atoms with Crippen molar-refractivity contribution in [2.45, 2.75) is 45.1 Å². The van der Waals surface area contributed by atoms with Gasteiger partial charge in [-0.1, -0.05) is 0 Å². The smallest absolute Gasteiger partial charge is 0.274 e. The van der Waals surface area contributed by atoms with E-state index in [1.807, 2.05) is 18.7 Å². The Bertz CT molecular complexity index is 693. The Morgan fingerprint density at radius 1 is 1.36 bits per heavy atom. The van der Waals surface area contributed by atoms with Gasteiger partial charge < -0.3 is 4.90 Å². The maximum atomic E-state index is 12.9. The molecule has 0 saturated carbocycles. The molecule has 0 N–H and O–H groups in total. The molecule has 122 valence electrons. The van der Waals surface area contributed by atoms with E-state index in [0.29, 0.717) is 18.7 Å². The summed E-state index contributed by atoms with van der Waals surface area (Å²) in [5.74, 6) is 0.159. The monoisotopic (exact) mass is 325 g/mol. The van der Waals surface area contributed by atoms with Gasteiger partial charge in [-0.05, 0) is 39.0 Å². The van der Waals surface area contributed by atoms with Crippen molar-refractivity contribution in [1.82, 2.24) is 14.7 Å². The van der Waals surface area contributed by atoms with Gasteiger partial charge in [0, 0.05) is 30.9 Å². The number of hydrogen-bond acceptors (Lipinski definition) is 4. The number of fused-ring (bicyclic) bond motifs is 1. The van der Waals surface area contributed by atoms with Gasteiger partial charge in [-0.15, -0.1) is 0 Å². The Hall–Kier alpha value is -1.37. The molecule has 0 aromatic carbocycles. The summed E-state index contributed by atoms with van der Waals surface area (Å²) < 4.78 is 25.2. The zero-order valence-corrected chi connectivity index (χ0v) is 14.0. The molecule has 0 radical (unpaired) electrons. The third kappa shape index (κ3) is 2.66. The first kappa shape index (κ1) is 15.5. The highest BCUT2D eigenvalue weighted by Gasteiger charge is 2.36. The molecule has 1 saturated heterocycles. The average Bonchev–Trinajstić information content (AvgIpc) is 3.01. The van der Waals surface area contributed by atoms with Gasteiger partial charge in [0.15, 0.2) is 15.5 Å². The molecule has 1 fully saturated rings. The van der Waals surface area contributed by atoms with Crippen LogP contribution in [0.4, 0.5) is 0 Å². The molecule has 3 rings (SSSR count). The Morgan fingerprint density at radius 2 is 2.09 bits per heavy atom. The number of amides is 1. The van der Waals surface area contributed by atoms with Gasteiger partial charge in [-0.25, -0.2) is 8.42 Å². The van der Waals surface area contributed by atoms with E-state index in [1.54, 1.807) is 4.90 Å². The SMILES string of the molecule is CCN(C(=O)c1nn(C)c2c1CCCC2)[C@H]1CCS(=O)(=O)C1. The second-order valence-corrected chi connectivity index (χ2v) is 8.48. The highest BCUT2D eigenvalue weighted by atomic mass is 32.2. The normalized spacial score (nSPS) is 23.3. The van der Waals surface area contributed by atoms with Crippen molar-refractivity contribution >= 4 is 15.7 Å². The van der Waals surface area contributed by atoms with E-state index in [9.17, 15) is 13.2 Å². The van der Waals surface area contributed by atoms with Crippen molar-refractivity contribution in [3.05, 3.63) is 17.0 Å². The van der Waals surface area contributed by atoms with Crippen LogP contribution in [0.2, 0.25) is 0 Å². The minimum atomic E-state index is -3.00. The lowest BCUT2D eigenvalue weighted by Gasteiger charge is -2.26. The number of aromatic nitrogens is 2. The first-order chi connectivity index (χ1) is 10.4. The summed E-state index contributed by atoms with van der Waals surface area (Å²) >= 11 is 0. The fourth-order valence-corrected chi connectivity index (χ4v) is 5.40. The molecule has 1 aromatic heterocycles. The van der Waals surface area contributed by atoms with Crippen LogP contribution < -0.4 is 0 Å². The molecular formula is C15H23N3O3S. The second kappa shape index (κ2) is 5.68. The number of hydrogen-bond donors (Lipinski definition) is 0. The fraction of sp³-hybridized carbons (Fsp3) is 0.733. The molecule has 0 bridgehead atoms. The van der Waals surface area contributed by atoms with Gasteiger partial charge in [-0.3, -0.25) is 9.48 Å². The third-order valence-electron chi connectivity index (χ3n) is 4.82. The van der Waals surface area contributed by atoms with Crippen LogP contribution in [0, 0.1) is 0 Å². The largest absolute Gasteiger partial charge is 0.333 e. The number of nitrogens with zero attached hydrogens (tertiary/aromatic N) is 3. The second-order valence-electron chi connectivity index (χ2n) is 6.25. The van der Waals surface area contributed by atoms with Crippen molar-refractivity contribution in [2.24, 2.45) is 7.05 Å². The van der Waals surface area contributed by atoms with Gasteiger partial charge >= 0.3 is 0 Å². The standard InChI is InChI=1S/C15H23N3O3S/c1-3-18(11-8-9-22(20,21)10-11)15(19)14-12-6-4-5-7-13(12)17(2)16-14/h11H,3-10H2,1-2H3/t11-/m0/s1. The van der Waals surface area contributed by atoms with E-state index in [4.69, 9.17) is 0 Å². The van der Waals surface area contributed by atoms with Crippen LogP contribution in [-0.4, -0.2) is 53.1 Å². The maximum absolute atomic E-state index is 12.9. The van der Waals surface area contributed by atoms with Crippen LogP contribution >= 0.6 is 0 Å². The molecular weight excluding hydrogens is 302 g/mol. The topological polar surface area (TPSA) is 72.3 Å². The molecule has 7 heteroatoms. The van der Waals surface area contributed by atoms with Crippen LogP contribution in [0.5, 0.6) is 0 Å². The van der Waals surface area contributed by atoms with E-state index in [2.05, 4.69) is 5.10 Å². The van der Waals surface area contributed by atoms with E-state index in [-0.39, 0.29) is 23.5 Å². The Labute approximate surface area is 131 Å². The lowest BCUT2D eigenvalue weighted by Crippen LogP contribution is -2.41. The van der Waals surface area contributed by atoms with Crippen molar-refractivity contribution in [3.8, 4) is 0 Å². The zero-order valence-electron chi connectivity index (χ0n) is 13.2. The van der Waals surface area contributed by atoms with E-state index < -0.39 is 9.84 Å². The molecule has 22 heavy (non-hydrogen) atoms. The molecule has 1 amide bonds. The first-order valence-electron chi connectivity index (χ1n) is 7.99. The van der Waals surface area contributed by atoms with Gasteiger partial charge in [0.05, 0.1) is 11.5 Å². The number of carbonyl (C=O) groups is 1. The summed E-state index contributed by atoms with van der Waals surface area (Å²) in [6.45, 7) is 2.42. The highest BCUT2D eigenvalue weighted by molar-refractivity contribution is 7.91. The van der Waals surface area contributed by atoms with Gasteiger partial charge in [0.1, 0.15) is 0 Å². The van der Waals surface area contributed by atoms with Gasteiger partial charge in [-0.2, -0.15) is 5.10 Å². The Balaban J connectivity index is 1.89. The van der Waals surface area contributed by atoms with Gasteiger partial charge in [0.25, 0.3) is 5.91 Å². The van der Waals surface area contributed by atoms with Crippen LogP contribution in [0.3, 0.4) is 0 Å². The summed E-state index contributed by atoms with van der Waals surface area (Å²) in [6.07, 6.45) is 4.62. The fourth-order valence-electron chi connectivity index (χ4n) is 3.67. The molecule has 1 aromatic rings. The van der Waals surface area contributed by atoms with Crippen molar-refractivity contribution in [1.29, 1.82) is 0 Å². The van der Waals surface area contributed by atoms with Crippen LogP contribution in [0.1, 0.15) is 47.9 Å². The molecule has 6 nitrogen and oxygen atoms in total. The summed E-state index contributed by atoms with van der Waals surface area (Å²) in [5, 5.41) is 4.44. The molecule has 1 aliphatic heterocycles. The van der Waals surface area contributed by atoms with Gasteiger partial charge in [0.2, 0.25) is 0 Å². The number of carbonyl (C=O) groups excluding carboxylic acids is 1. The minimum Gasteiger partial charge on any atom is -0.333 e. The quantitative estimate of drug-likeness (QED) is 0.829. The Kier molecular flexibility index (Phi) is 4.01. The van der Waals surface area contributed by atoms with Crippen molar-refractivity contribution < 1.29 is 13.2 Å². The predicted octanol–water partition coefficient (Wildman–Crippen LogP) is 0.948. The third-order valence-corrected chi connectivity index (χ3v) is 6.57. The van der Waals surface area contributed by atoms with Crippen LogP contribution in [-0.2, 0) is 29.7 Å². The average molecular weight is 325 g/mol. The summed E-state index contributed by atoms with van der Waals surface area (Å²) in [6, 6.07) is -0.205. The maximum Gasteiger partial charge on any atom is 0.274 e. The number of aryl methyl sites for hydroxylation is 1. The van der Waals surface area contributed by atoms with E-state index >= 15 is 0 Å². The summed E-state index contributed by atoms with van der Waals surface area (Å²) in [4.78, 5) is 14.6. The highest BCUT2D eigenvalue weighted by Crippen LogP contribution is 2.26. The molecule has 2 aliphatic rings. The molecule has 1 aliphatic carbocycles. The van der Waals surface area contributed by atoms with Crippen LogP contribution in [0.25, 0.3) is 0 Å². The molecule has 1 atom stereocenters. The first-order valence-corrected chi connectivity index (χ1v) is 9.81. The van der Waals surface area contributed by atoms with Crippen LogP contribution in [0.15, 0.2) is 0 Å². The molecule has 0 unspecified atom stereocenters. The predicted molar refractivity (Wildman–Crippen MR) is 83.6 cm³/mol. The lowest BCUT2D eigenvalue weighted by atomic mass is 9.95. The van der Waals surface area contributed by atoms with E-state index in [0.717, 1.165) is 36.9 Å². The molecule has 0 spiro atoms. The van der Waals surface area contributed by atoms with Crippen molar-refractivity contribution in [2.75, 3.05) is 18.1 Å². The Morgan fingerprint density at radius 3 is 2.73 bits per heavy atom. The summed E-state index contributed by atoms with van der Waals surface area (Å²) in [5.41, 5.74) is 2.76. The number of rotatable bonds is 3. The molecule has 2 heterocycles. The lowest BCUT2D eigenvalue weighted by molar-refractivity contribution is 0.0700. The zero-order chi connectivity index (χ0) is 15.9. The minimum absolute atomic E-state index is 0.0849.